The van der Waals surface area contributed by atoms with Crippen LogP contribution in [-0.4, -0.2) is 33.7 Å². The summed E-state index contributed by atoms with van der Waals surface area (Å²) in [5.41, 5.74) is -0.146. The number of rotatable bonds is 3. The van der Waals surface area contributed by atoms with E-state index in [0.29, 0.717) is 24.5 Å². The van der Waals surface area contributed by atoms with Gasteiger partial charge in [0.1, 0.15) is 5.60 Å². The van der Waals surface area contributed by atoms with Crippen LogP contribution >= 0.6 is 0 Å². The molecule has 0 bridgehead atoms. The predicted molar refractivity (Wildman–Crippen MR) is 67.6 cm³/mol. The quantitative estimate of drug-likeness (QED) is 0.650. The van der Waals surface area contributed by atoms with Gasteiger partial charge in [0.05, 0.1) is 18.0 Å². The molecule has 0 amide bonds. The zero-order valence-electron chi connectivity index (χ0n) is 10.8. The number of nitro groups is 1. The SMILES string of the molecule is Cc1ccnc(N2CC(O)(C(C)C)C2)c1[N+](=O)[O-]. The molecule has 2 rings (SSSR count). The second-order valence-corrected chi connectivity index (χ2v) is 5.17. The molecule has 1 aliphatic rings. The third kappa shape index (κ3) is 1.92. The lowest BCUT2D eigenvalue weighted by Gasteiger charge is -2.49. The molecule has 0 unspecified atom stereocenters. The van der Waals surface area contributed by atoms with E-state index in [1.54, 1.807) is 24.1 Å². The molecule has 1 aliphatic heterocycles. The number of aliphatic hydroxyl groups is 1. The Bertz CT molecular complexity index is 481. The van der Waals surface area contributed by atoms with Gasteiger partial charge in [-0.2, -0.15) is 0 Å². The first-order valence-electron chi connectivity index (χ1n) is 5.92. The summed E-state index contributed by atoms with van der Waals surface area (Å²) in [7, 11) is 0. The summed E-state index contributed by atoms with van der Waals surface area (Å²) in [6.07, 6.45) is 1.56. The minimum absolute atomic E-state index is 0.0308. The Balaban J connectivity index is 2.27. The van der Waals surface area contributed by atoms with E-state index in [1.165, 1.54) is 0 Å². The van der Waals surface area contributed by atoms with Crippen LogP contribution < -0.4 is 4.90 Å². The normalized spacial score (nSPS) is 17.7. The van der Waals surface area contributed by atoms with Crippen molar-refractivity contribution in [2.75, 3.05) is 18.0 Å². The highest BCUT2D eigenvalue weighted by atomic mass is 16.6. The third-order valence-electron chi connectivity index (χ3n) is 3.59. The molecule has 0 aromatic carbocycles. The van der Waals surface area contributed by atoms with E-state index in [0.717, 1.165) is 0 Å². The van der Waals surface area contributed by atoms with Crippen LogP contribution in [0.3, 0.4) is 0 Å². The van der Waals surface area contributed by atoms with Gasteiger partial charge in [0.25, 0.3) is 0 Å². The highest BCUT2D eigenvalue weighted by molar-refractivity contribution is 5.63. The second kappa shape index (κ2) is 4.20. The molecular formula is C12H17N3O3. The molecule has 1 fully saturated rings. The number of pyridine rings is 1. The average Bonchev–Trinajstić information content (AvgIpc) is 2.23. The number of β-amino-alcohol motifs (C(OH)–C–C–N with tert-alkyl or cyclic N) is 1. The summed E-state index contributed by atoms with van der Waals surface area (Å²) in [5.74, 6) is 0.475. The van der Waals surface area contributed by atoms with Gasteiger partial charge in [0, 0.05) is 11.8 Å². The number of anilines is 1. The topological polar surface area (TPSA) is 79.5 Å². The van der Waals surface area contributed by atoms with Gasteiger partial charge < -0.3 is 10.0 Å². The van der Waals surface area contributed by atoms with Crippen molar-refractivity contribution < 1.29 is 10.0 Å². The lowest BCUT2D eigenvalue weighted by atomic mass is 9.83. The Kier molecular flexibility index (Phi) is 2.98. The standard InChI is InChI=1S/C12H17N3O3/c1-8(2)12(16)6-14(7-12)11-10(15(17)18)9(3)4-5-13-11/h4-5,8,16H,6-7H2,1-3H3. The van der Waals surface area contributed by atoms with Crippen LogP contribution in [0, 0.1) is 23.0 Å². The first-order valence-corrected chi connectivity index (χ1v) is 5.92. The van der Waals surface area contributed by atoms with Crippen LogP contribution in [-0.2, 0) is 0 Å². The van der Waals surface area contributed by atoms with Crippen molar-refractivity contribution >= 4 is 11.5 Å². The average molecular weight is 251 g/mol. The molecule has 1 aromatic heterocycles. The summed E-state index contributed by atoms with van der Waals surface area (Å²) >= 11 is 0. The highest BCUT2D eigenvalue weighted by Gasteiger charge is 2.46. The van der Waals surface area contributed by atoms with E-state index in [9.17, 15) is 15.2 Å². The first-order chi connectivity index (χ1) is 8.35. The molecule has 0 radical (unpaired) electrons. The van der Waals surface area contributed by atoms with Gasteiger partial charge in [0.15, 0.2) is 0 Å². The monoisotopic (exact) mass is 251 g/mol. The van der Waals surface area contributed by atoms with Crippen molar-refractivity contribution in [1.82, 2.24) is 4.98 Å². The molecule has 0 aliphatic carbocycles. The molecule has 1 saturated heterocycles. The molecule has 0 spiro atoms. The molecule has 0 atom stereocenters. The van der Waals surface area contributed by atoms with Crippen LogP contribution in [0.4, 0.5) is 11.5 Å². The largest absolute Gasteiger partial charge is 0.386 e. The molecule has 18 heavy (non-hydrogen) atoms. The van der Waals surface area contributed by atoms with E-state index >= 15 is 0 Å². The number of hydrogen-bond acceptors (Lipinski definition) is 5. The Hall–Kier alpha value is -1.69. The smallest absolute Gasteiger partial charge is 0.314 e. The Morgan fingerprint density at radius 1 is 1.56 bits per heavy atom. The van der Waals surface area contributed by atoms with Crippen molar-refractivity contribution in [3.05, 3.63) is 27.9 Å². The fourth-order valence-electron chi connectivity index (χ4n) is 2.12. The Morgan fingerprint density at radius 2 is 2.17 bits per heavy atom. The Labute approximate surface area is 105 Å². The van der Waals surface area contributed by atoms with E-state index in [-0.39, 0.29) is 11.6 Å². The van der Waals surface area contributed by atoms with Crippen molar-refractivity contribution in [2.45, 2.75) is 26.4 Å². The zero-order valence-corrected chi connectivity index (χ0v) is 10.8. The van der Waals surface area contributed by atoms with E-state index < -0.39 is 10.5 Å². The van der Waals surface area contributed by atoms with Gasteiger partial charge in [-0.1, -0.05) is 13.8 Å². The van der Waals surface area contributed by atoms with Crippen LogP contribution in [0.15, 0.2) is 12.3 Å². The molecule has 6 nitrogen and oxygen atoms in total. The van der Waals surface area contributed by atoms with E-state index in [2.05, 4.69) is 4.98 Å². The zero-order chi connectivity index (χ0) is 13.5. The fourth-order valence-corrected chi connectivity index (χ4v) is 2.12. The van der Waals surface area contributed by atoms with Gasteiger partial charge in [-0.3, -0.25) is 10.1 Å². The highest BCUT2D eigenvalue weighted by Crippen LogP contribution is 2.37. The van der Waals surface area contributed by atoms with E-state index in [4.69, 9.17) is 0 Å². The summed E-state index contributed by atoms with van der Waals surface area (Å²) in [5, 5.41) is 21.2. The molecular weight excluding hydrogens is 234 g/mol. The van der Waals surface area contributed by atoms with Gasteiger partial charge in [-0.25, -0.2) is 4.98 Å². The molecule has 2 heterocycles. The van der Waals surface area contributed by atoms with Gasteiger partial charge in [-0.05, 0) is 18.9 Å². The predicted octanol–water partition coefficient (Wildman–Crippen LogP) is 1.51. The maximum absolute atomic E-state index is 11.1. The van der Waals surface area contributed by atoms with Gasteiger partial charge in [0.2, 0.25) is 5.82 Å². The summed E-state index contributed by atoms with van der Waals surface area (Å²) in [6.45, 7) is 6.35. The maximum Gasteiger partial charge on any atom is 0.314 e. The minimum atomic E-state index is -0.765. The van der Waals surface area contributed by atoms with Crippen LogP contribution in [0.5, 0.6) is 0 Å². The number of aryl methyl sites for hydroxylation is 1. The molecule has 1 aromatic rings. The van der Waals surface area contributed by atoms with Crippen LogP contribution in [0.25, 0.3) is 0 Å². The van der Waals surface area contributed by atoms with Gasteiger partial charge >= 0.3 is 5.69 Å². The fraction of sp³-hybridized carbons (Fsp3) is 0.583. The third-order valence-corrected chi connectivity index (χ3v) is 3.59. The van der Waals surface area contributed by atoms with Crippen LogP contribution in [0.2, 0.25) is 0 Å². The lowest BCUT2D eigenvalue weighted by molar-refractivity contribution is -0.385. The lowest BCUT2D eigenvalue weighted by Crippen LogP contribution is -2.65. The van der Waals surface area contributed by atoms with Crippen molar-refractivity contribution in [3.63, 3.8) is 0 Å². The molecule has 6 heteroatoms. The summed E-state index contributed by atoms with van der Waals surface area (Å²) < 4.78 is 0. The number of nitrogens with zero attached hydrogens (tertiary/aromatic N) is 3. The minimum Gasteiger partial charge on any atom is -0.386 e. The summed E-state index contributed by atoms with van der Waals surface area (Å²) in [6, 6.07) is 1.62. The molecule has 1 N–H and O–H groups in total. The second-order valence-electron chi connectivity index (χ2n) is 5.17. The van der Waals surface area contributed by atoms with Crippen molar-refractivity contribution in [1.29, 1.82) is 0 Å². The maximum atomic E-state index is 11.1. The number of aromatic nitrogens is 1. The number of hydrogen-bond donors (Lipinski definition) is 1. The Morgan fingerprint density at radius 3 is 2.67 bits per heavy atom. The van der Waals surface area contributed by atoms with Crippen molar-refractivity contribution in [2.24, 2.45) is 5.92 Å². The molecule has 0 saturated carbocycles. The van der Waals surface area contributed by atoms with E-state index in [1.807, 2.05) is 13.8 Å². The van der Waals surface area contributed by atoms with Gasteiger partial charge in [-0.15, -0.1) is 0 Å². The molecule has 98 valence electrons. The summed E-state index contributed by atoms with van der Waals surface area (Å²) in [4.78, 5) is 16.5. The first kappa shape index (κ1) is 12.8. The van der Waals surface area contributed by atoms with Crippen LogP contribution in [0.1, 0.15) is 19.4 Å². The van der Waals surface area contributed by atoms with Crippen molar-refractivity contribution in [3.8, 4) is 0 Å².